The number of ether oxygens (including phenoxy) is 1. The molecule has 180 valence electrons. The lowest BCUT2D eigenvalue weighted by Gasteiger charge is -2.37. The number of nitrogen functional groups attached to an aromatic ring is 1. The van der Waals surface area contributed by atoms with Crippen molar-refractivity contribution in [2.45, 2.75) is 44.7 Å². The highest BCUT2D eigenvalue weighted by molar-refractivity contribution is 5.73. The van der Waals surface area contributed by atoms with Crippen LogP contribution in [0.15, 0.2) is 12.4 Å². The van der Waals surface area contributed by atoms with E-state index in [2.05, 4.69) is 38.5 Å². The average Bonchev–Trinajstić information content (AvgIpc) is 3.17. The predicted molar refractivity (Wildman–Crippen MR) is 129 cm³/mol. The molecule has 0 spiro atoms. The molecule has 3 fully saturated rings. The summed E-state index contributed by atoms with van der Waals surface area (Å²) in [4.78, 5) is 37.3. The summed E-state index contributed by atoms with van der Waals surface area (Å²) >= 11 is 0. The maximum Gasteiger partial charge on any atom is 0.228 e. The zero-order valence-electron chi connectivity index (χ0n) is 19.9. The van der Waals surface area contributed by atoms with Crippen LogP contribution in [0.2, 0.25) is 0 Å². The van der Waals surface area contributed by atoms with E-state index in [9.17, 15) is 4.79 Å². The molecule has 0 amide bonds. The summed E-state index contributed by atoms with van der Waals surface area (Å²) in [6.45, 7) is 10.2. The number of anilines is 3. The van der Waals surface area contributed by atoms with E-state index in [1.165, 1.54) is 0 Å². The van der Waals surface area contributed by atoms with E-state index < -0.39 is 0 Å². The summed E-state index contributed by atoms with van der Waals surface area (Å²) in [5.41, 5.74) is 8.43. The van der Waals surface area contributed by atoms with Crippen molar-refractivity contribution >= 4 is 24.0 Å². The van der Waals surface area contributed by atoms with Gasteiger partial charge in [0, 0.05) is 67.7 Å². The zero-order chi connectivity index (χ0) is 23.5. The van der Waals surface area contributed by atoms with E-state index in [4.69, 9.17) is 20.4 Å². The number of aromatic nitrogens is 4. The van der Waals surface area contributed by atoms with E-state index >= 15 is 0 Å². The number of aldehydes is 1. The number of fused-ring (bicyclic) bond motifs is 1. The van der Waals surface area contributed by atoms with E-state index in [1.807, 2.05) is 0 Å². The first-order valence-electron chi connectivity index (χ1n) is 12.2. The van der Waals surface area contributed by atoms with Crippen LogP contribution >= 0.6 is 0 Å². The third kappa shape index (κ3) is 3.51. The molecule has 4 aliphatic rings. The van der Waals surface area contributed by atoms with Gasteiger partial charge in [0.2, 0.25) is 11.9 Å². The topological polar surface area (TPSA) is 114 Å². The smallest absolute Gasteiger partial charge is 0.228 e. The minimum Gasteiger partial charge on any atom is -0.378 e. The molecule has 1 saturated carbocycles. The normalized spacial score (nSPS) is 31.1. The molecule has 10 heteroatoms. The largest absolute Gasteiger partial charge is 0.378 e. The fourth-order valence-corrected chi connectivity index (χ4v) is 5.87. The van der Waals surface area contributed by atoms with Crippen LogP contribution < -0.4 is 15.5 Å². The number of hydrogen-bond acceptors (Lipinski definition) is 10. The van der Waals surface area contributed by atoms with Crippen LogP contribution in [0, 0.1) is 5.41 Å². The Morgan fingerprint density at radius 3 is 2.59 bits per heavy atom. The summed E-state index contributed by atoms with van der Waals surface area (Å²) in [6.07, 6.45) is 7.54. The first-order valence-corrected chi connectivity index (χ1v) is 12.2. The number of morpholine rings is 1. The fraction of sp³-hybridized carbons (Fsp3) is 0.625. The summed E-state index contributed by atoms with van der Waals surface area (Å²) in [5.74, 6) is 2.00. The van der Waals surface area contributed by atoms with Crippen LogP contribution in [0.3, 0.4) is 0 Å². The van der Waals surface area contributed by atoms with Gasteiger partial charge in [-0.2, -0.15) is 4.98 Å². The average molecular weight is 465 g/mol. The molecule has 10 nitrogen and oxygen atoms in total. The van der Waals surface area contributed by atoms with Crippen molar-refractivity contribution in [2.75, 3.05) is 61.5 Å². The van der Waals surface area contributed by atoms with Gasteiger partial charge in [-0.1, -0.05) is 6.92 Å². The van der Waals surface area contributed by atoms with Gasteiger partial charge in [-0.05, 0) is 26.2 Å². The second-order valence-electron chi connectivity index (χ2n) is 10.6. The van der Waals surface area contributed by atoms with Crippen molar-refractivity contribution in [1.29, 1.82) is 0 Å². The monoisotopic (exact) mass is 464 g/mol. The SMILES string of the molecule is CC1(C=O)CC1N1CC[C@@](C)(N2CCc3c(-c4cnc(N)nc4)nc(N4CCOCC4)nc32)C1. The van der Waals surface area contributed by atoms with Gasteiger partial charge in [0.15, 0.2) is 0 Å². The Hall–Kier alpha value is -2.85. The number of hydrogen-bond donors (Lipinski definition) is 1. The number of carbonyl (C=O) groups is 1. The molecule has 5 heterocycles. The molecule has 2 aromatic rings. The van der Waals surface area contributed by atoms with Crippen LogP contribution in [0.4, 0.5) is 17.7 Å². The lowest BCUT2D eigenvalue weighted by molar-refractivity contribution is -0.112. The lowest BCUT2D eigenvalue weighted by atomic mass is 9.99. The zero-order valence-corrected chi connectivity index (χ0v) is 19.9. The van der Waals surface area contributed by atoms with E-state index in [0.717, 1.165) is 86.9 Å². The molecule has 2 saturated heterocycles. The lowest BCUT2D eigenvalue weighted by Crippen LogP contribution is -2.48. The van der Waals surface area contributed by atoms with Gasteiger partial charge in [0.25, 0.3) is 0 Å². The standard InChI is InChI=1S/C24H32N8O2/c1-23(15-33)11-18(23)31-6-4-24(2,14-31)32-5-3-17-19(16-12-26-21(25)27-13-16)28-22(29-20(17)32)30-7-9-34-10-8-30/h12-13,15,18H,3-11,14H2,1-2H3,(H2,25,26,27)/t18?,23?,24-/m1/s1. The third-order valence-electron chi connectivity index (χ3n) is 8.13. The van der Waals surface area contributed by atoms with Crippen molar-refractivity contribution in [2.24, 2.45) is 5.41 Å². The molecule has 0 radical (unpaired) electrons. The number of likely N-dealkylation sites (tertiary alicyclic amines) is 1. The van der Waals surface area contributed by atoms with Gasteiger partial charge >= 0.3 is 0 Å². The number of rotatable bonds is 5. The Bertz CT molecular complexity index is 1100. The minimum absolute atomic E-state index is 0.0385. The maximum absolute atomic E-state index is 11.5. The van der Waals surface area contributed by atoms with Crippen molar-refractivity contribution in [3.63, 3.8) is 0 Å². The molecule has 0 aromatic carbocycles. The summed E-state index contributed by atoms with van der Waals surface area (Å²) in [5, 5.41) is 0. The minimum atomic E-state index is -0.178. The number of carbonyl (C=O) groups excluding carboxylic acids is 1. The van der Waals surface area contributed by atoms with E-state index in [-0.39, 0.29) is 16.9 Å². The highest BCUT2D eigenvalue weighted by Gasteiger charge is 2.57. The molecule has 2 aromatic heterocycles. The van der Waals surface area contributed by atoms with Gasteiger partial charge in [0.05, 0.1) is 24.4 Å². The van der Waals surface area contributed by atoms with E-state index in [1.54, 1.807) is 12.4 Å². The first-order chi connectivity index (χ1) is 16.4. The van der Waals surface area contributed by atoms with Crippen molar-refractivity contribution in [3.8, 4) is 11.3 Å². The summed E-state index contributed by atoms with van der Waals surface area (Å²) in [6, 6.07) is 0.366. The Kier molecular flexibility index (Phi) is 5.00. The second kappa shape index (κ2) is 7.84. The van der Waals surface area contributed by atoms with Crippen LogP contribution in [0.25, 0.3) is 11.3 Å². The first kappa shape index (κ1) is 21.7. The number of nitrogens with zero attached hydrogens (tertiary/aromatic N) is 7. The highest BCUT2D eigenvalue weighted by atomic mass is 16.5. The van der Waals surface area contributed by atoms with E-state index in [0.29, 0.717) is 19.3 Å². The Labute approximate surface area is 199 Å². The molecule has 6 rings (SSSR count). The molecule has 2 unspecified atom stereocenters. The van der Waals surface area contributed by atoms with Crippen molar-refractivity contribution in [3.05, 3.63) is 18.0 Å². The Morgan fingerprint density at radius 1 is 1.12 bits per heavy atom. The van der Waals surface area contributed by atoms with Gasteiger partial charge in [-0.25, -0.2) is 15.0 Å². The molecule has 3 aliphatic heterocycles. The molecule has 3 atom stereocenters. The fourth-order valence-electron chi connectivity index (χ4n) is 5.87. The highest BCUT2D eigenvalue weighted by Crippen LogP contribution is 2.50. The van der Waals surface area contributed by atoms with Gasteiger partial charge < -0.3 is 25.1 Å². The molecule has 34 heavy (non-hydrogen) atoms. The molecular formula is C24H32N8O2. The van der Waals surface area contributed by atoms with Crippen LogP contribution in [-0.2, 0) is 16.0 Å². The predicted octanol–water partition coefficient (Wildman–Crippen LogP) is 1.16. The molecular weight excluding hydrogens is 432 g/mol. The Morgan fingerprint density at radius 2 is 1.88 bits per heavy atom. The van der Waals surface area contributed by atoms with Crippen molar-refractivity contribution < 1.29 is 9.53 Å². The molecule has 0 bridgehead atoms. The van der Waals surface area contributed by atoms with Crippen LogP contribution in [0.5, 0.6) is 0 Å². The van der Waals surface area contributed by atoms with Crippen LogP contribution in [0.1, 0.15) is 32.3 Å². The van der Waals surface area contributed by atoms with Gasteiger partial charge in [0.1, 0.15) is 12.1 Å². The molecule has 2 N–H and O–H groups in total. The quantitative estimate of drug-likeness (QED) is 0.647. The van der Waals surface area contributed by atoms with Gasteiger partial charge in [-0.15, -0.1) is 0 Å². The summed E-state index contributed by atoms with van der Waals surface area (Å²) in [7, 11) is 0. The summed E-state index contributed by atoms with van der Waals surface area (Å²) < 4.78 is 5.55. The second-order valence-corrected chi connectivity index (χ2v) is 10.6. The van der Waals surface area contributed by atoms with Crippen molar-refractivity contribution in [1.82, 2.24) is 24.8 Å². The maximum atomic E-state index is 11.5. The van der Waals surface area contributed by atoms with Gasteiger partial charge in [-0.3, -0.25) is 4.90 Å². The number of nitrogens with two attached hydrogens (primary N) is 1. The molecule has 1 aliphatic carbocycles. The third-order valence-corrected chi connectivity index (χ3v) is 8.13. The van der Waals surface area contributed by atoms with Crippen LogP contribution in [-0.4, -0.2) is 88.6 Å². The Balaban J connectivity index is 1.36.